The Morgan fingerprint density at radius 3 is 2.00 bits per heavy atom. The van der Waals surface area contributed by atoms with E-state index >= 15 is 0 Å². The molecule has 0 bridgehead atoms. The van der Waals surface area contributed by atoms with E-state index in [0.29, 0.717) is 0 Å². The van der Waals surface area contributed by atoms with Crippen LogP contribution in [0.5, 0.6) is 0 Å². The van der Waals surface area contributed by atoms with Crippen molar-refractivity contribution < 1.29 is 15.1 Å². The Balaban J connectivity index is 3.94. The van der Waals surface area contributed by atoms with Gasteiger partial charge in [-0.3, -0.25) is 4.79 Å². The molecule has 4 nitrogen and oxygen atoms in total. The third kappa shape index (κ3) is 2.33. The number of carboxylic acid groups (broad SMARTS) is 1. The van der Waals surface area contributed by atoms with Crippen LogP contribution in [0.15, 0.2) is 0 Å². The van der Waals surface area contributed by atoms with Crippen LogP contribution >= 0.6 is 0 Å². The second-order valence-corrected chi connectivity index (χ2v) is 2.44. The molecule has 60 valence electrons. The van der Waals surface area contributed by atoms with E-state index in [-0.39, 0.29) is 6.04 Å². The summed E-state index contributed by atoms with van der Waals surface area (Å²) in [5, 5.41) is 18.2. The number of carbonyl (C=O) groups is 1. The molecule has 2 atom stereocenters. The molecule has 0 aromatic carbocycles. The largest absolute Gasteiger partial charge is 0.481 e. The molecule has 0 heterocycles. The lowest BCUT2D eigenvalue weighted by molar-refractivity contribution is -0.154. The summed E-state index contributed by atoms with van der Waals surface area (Å²) in [7, 11) is 1.43. The maximum atomic E-state index is 10.3. The molecule has 0 aliphatic rings. The highest BCUT2D eigenvalue weighted by atomic mass is 16.5. The van der Waals surface area contributed by atoms with Gasteiger partial charge < -0.3 is 10.3 Å². The first-order valence-corrected chi connectivity index (χ1v) is 3.11. The minimum atomic E-state index is -0.895. The van der Waals surface area contributed by atoms with Crippen LogP contribution in [0, 0.1) is 5.92 Å². The minimum Gasteiger partial charge on any atom is -0.481 e. The molecule has 4 heteroatoms. The quantitative estimate of drug-likeness (QED) is 0.568. The lowest BCUT2D eigenvalue weighted by Gasteiger charge is -2.20. The van der Waals surface area contributed by atoms with Crippen molar-refractivity contribution >= 4 is 5.97 Å². The lowest BCUT2D eigenvalue weighted by Crippen LogP contribution is -2.35. The number of aliphatic carboxylic acids is 1. The van der Waals surface area contributed by atoms with Crippen LogP contribution in [0.4, 0.5) is 0 Å². The summed E-state index contributed by atoms with van der Waals surface area (Å²) in [5.41, 5.74) is 0. The first kappa shape index (κ1) is 9.39. The summed E-state index contributed by atoms with van der Waals surface area (Å²) >= 11 is 0. The predicted octanol–water partition coefficient (Wildman–Crippen LogP) is 0.417. The normalized spacial score (nSPS) is 16.9. The number of hydrogen-bond acceptors (Lipinski definition) is 3. The number of nitrogens with zero attached hydrogens (tertiary/aromatic N) is 1. The Morgan fingerprint density at radius 1 is 1.50 bits per heavy atom. The van der Waals surface area contributed by atoms with E-state index < -0.39 is 11.9 Å². The van der Waals surface area contributed by atoms with Gasteiger partial charge in [-0.25, -0.2) is 0 Å². The number of hydroxylamine groups is 2. The first-order valence-electron chi connectivity index (χ1n) is 3.11. The zero-order chi connectivity index (χ0) is 8.31. The summed E-state index contributed by atoms with van der Waals surface area (Å²) in [5.74, 6) is -1.44. The average Bonchev–Trinajstić information content (AvgIpc) is 1.84. The first-order chi connectivity index (χ1) is 4.46. The number of carboxylic acids is 1. The van der Waals surface area contributed by atoms with Crippen molar-refractivity contribution in [3.8, 4) is 0 Å². The molecule has 0 rings (SSSR count). The molecule has 2 N–H and O–H groups in total. The monoisotopic (exact) mass is 147 g/mol. The summed E-state index contributed by atoms with van der Waals surface area (Å²) in [6.07, 6.45) is 0. The van der Waals surface area contributed by atoms with Gasteiger partial charge in [0.15, 0.2) is 0 Å². The molecule has 0 fully saturated rings. The van der Waals surface area contributed by atoms with E-state index in [1.807, 2.05) is 0 Å². The molecule has 0 radical (unpaired) electrons. The fourth-order valence-corrected chi connectivity index (χ4v) is 0.530. The zero-order valence-electron chi connectivity index (χ0n) is 6.40. The molecule has 0 aromatic heterocycles. The van der Waals surface area contributed by atoms with Gasteiger partial charge in [-0.05, 0) is 6.92 Å². The van der Waals surface area contributed by atoms with Crippen LogP contribution in [0.25, 0.3) is 0 Å². The van der Waals surface area contributed by atoms with Gasteiger partial charge in [-0.15, -0.1) is 0 Å². The Hall–Kier alpha value is -0.610. The van der Waals surface area contributed by atoms with Crippen molar-refractivity contribution in [2.45, 2.75) is 19.9 Å². The van der Waals surface area contributed by atoms with Crippen LogP contribution in [0.3, 0.4) is 0 Å². The Kier molecular flexibility index (Phi) is 3.32. The number of hydrogen-bond donors (Lipinski definition) is 2. The molecule has 0 aliphatic heterocycles. The minimum absolute atomic E-state index is 0.350. The Morgan fingerprint density at radius 2 is 1.90 bits per heavy atom. The van der Waals surface area contributed by atoms with E-state index in [1.54, 1.807) is 13.8 Å². The van der Waals surface area contributed by atoms with Crippen molar-refractivity contribution in [1.29, 1.82) is 0 Å². The van der Waals surface area contributed by atoms with Gasteiger partial charge in [0.25, 0.3) is 0 Å². The van der Waals surface area contributed by atoms with Gasteiger partial charge >= 0.3 is 5.97 Å². The fourth-order valence-electron chi connectivity index (χ4n) is 0.530. The van der Waals surface area contributed by atoms with E-state index in [0.717, 1.165) is 5.06 Å². The van der Waals surface area contributed by atoms with Crippen molar-refractivity contribution in [2.75, 3.05) is 7.05 Å². The van der Waals surface area contributed by atoms with Gasteiger partial charge in [-0.1, -0.05) is 6.92 Å². The smallest absolute Gasteiger partial charge is 0.307 e. The molecular weight excluding hydrogens is 134 g/mol. The highest BCUT2D eigenvalue weighted by Crippen LogP contribution is 2.06. The van der Waals surface area contributed by atoms with Gasteiger partial charge in [0.2, 0.25) is 0 Å². The Bertz CT molecular complexity index is 124. The summed E-state index contributed by atoms with van der Waals surface area (Å²) in [6.45, 7) is 3.21. The van der Waals surface area contributed by atoms with Crippen LogP contribution in [0.2, 0.25) is 0 Å². The van der Waals surface area contributed by atoms with Gasteiger partial charge in [0, 0.05) is 13.1 Å². The van der Waals surface area contributed by atoms with Crippen LogP contribution < -0.4 is 0 Å². The van der Waals surface area contributed by atoms with E-state index in [2.05, 4.69) is 0 Å². The SMILES string of the molecule is CC(C(=O)O)C(C)N(C)O. The third-order valence-corrected chi connectivity index (χ3v) is 1.70. The van der Waals surface area contributed by atoms with Crippen LogP contribution in [-0.2, 0) is 4.79 Å². The lowest BCUT2D eigenvalue weighted by atomic mass is 10.0. The standard InChI is InChI=1S/C6H13NO3/c1-4(6(8)9)5(2)7(3)10/h4-5,10H,1-3H3,(H,8,9). The molecule has 0 aliphatic carbocycles. The van der Waals surface area contributed by atoms with Crippen molar-refractivity contribution in [1.82, 2.24) is 5.06 Å². The summed E-state index contributed by atoms with van der Waals surface area (Å²) < 4.78 is 0. The average molecular weight is 147 g/mol. The topological polar surface area (TPSA) is 60.8 Å². The Labute approximate surface area is 60.0 Å². The third-order valence-electron chi connectivity index (χ3n) is 1.70. The van der Waals surface area contributed by atoms with Crippen molar-refractivity contribution in [3.05, 3.63) is 0 Å². The fraction of sp³-hybridized carbons (Fsp3) is 0.833. The second-order valence-electron chi connectivity index (χ2n) is 2.44. The van der Waals surface area contributed by atoms with Crippen LogP contribution in [0.1, 0.15) is 13.8 Å². The van der Waals surface area contributed by atoms with Gasteiger partial charge in [-0.2, -0.15) is 5.06 Å². The summed E-state index contributed by atoms with van der Waals surface area (Å²) in [6, 6.07) is -0.350. The van der Waals surface area contributed by atoms with E-state index in [1.165, 1.54) is 7.05 Å². The molecule has 0 saturated carbocycles. The van der Waals surface area contributed by atoms with Crippen molar-refractivity contribution in [2.24, 2.45) is 5.92 Å². The molecular formula is C6H13NO3. The molecule has 10 heavy (non-hydrogen) atoms. The predicted molar refractivity (Wildman–Crippen MR) is 35.8 cm³/mol. The molecule has 0 aromatic rings. The summed E-state index contributed by atoms with van der Waals surface area (Å²) in [4.78, 5) is 10.3. The maximum absolute atomic E-state index is 10.3. The van der Waals surface area contributed by atoms with E-state index in [9.17, 15) is 4.79 Å². The number of rotatable bonds is 3. The molecule has 0 spiro atoms. The molecule has 2 unspecified atom stereocenters. The highest BCUT2D eigenvalue weighted by Gasteiger charge is 2.21. The van der Waals surface area contributed by atoms with Crippen LogP contribution in [-0.4, -0.2) is 34.4 Å². The van der Waals surface area contributed by atoms with Gasteiger partial charge in [0.05, 0.1) is 5.92 Å². The zero-order valence-corrected chi connectivity index (χ0v) is 6.40. The molecule has 0 amide bonds. The second kappa shape index (κ2) is 3.53. The van der Waals surface area contributed by atoms with E-state index in [4.69, 9.17) is 10.3 Å². The molecule has 0 saturated heterocycles. The van der Waals surface area contributed by atoms with Crippen molar-refractivity contribution in [3.63, 3.8) is 0 Å². The highest BCUT2D eigenvalue weighted by molar-refractivity contribution is 5.70. The maximum Gasteiger partial charge on any atom is 0.307 e. The van der Waals surface area contributed by atoms with Gasteiger partial charge in [0.1, 0.15) is 0 Å².